The number of aromatic nitrogens is 2. The van der Waals surface area contributed by atoms with Crippen LogP contribution in [0.1, 0.15) is 5.56 Å². The van der Waals surface area contributed by atoms with E-state index in [-0.39, 0.29) is 16.3 Å². The molecule has 0 fully saturated rings. The summed E-state index contributed by atoms with van der Waals surface area (Å²) >= 11 is 1.33. The molecule has 0 aliphatic heterocycles. The van der Waals surface area contributed by atoms with Crippen molar-refractivity contribution in [3.8, 4) is 5.75 Å². The van der Waals surface area contributed by atoms with Crippen LogP contribution < -0.4 is 15.1 Å². The summed E-state index contributed by atoms with van der Waals surface area (Å²) in [6.07, 6.45) is 0. The van der Waals surface area contributed by atoms with Crippen LogP contribution in [-0.4, -0.2) is 24.7 Å². The molecule has 0 atom stereocenters. The van der Waals surface area contributed by atoms with Crippen LogP contribution in [0.25, 0.3) is 11.0 Å². The number of nitrogens with zero attached hydrogens (tertiary/aromatic N) is 2. The first-order chi connectivity index (χ1) is 15.6. The summed E-state index contributed by atoms with van der Waals surface area (Å²) < 4.78 is 50.9. The van der Waals surface area contributed by atoms with Gasteiger partial charge in [0.15, 0.2) is 0 Å². The van der Waals surface area contributed by atoms with Gasteiger partial charge in [0.1, 0.15) is 11.6 Å². The van der Waals surface area contributed by atoms with Crippen LogP contribution in [0.2, 0.25) is 0 Å². The van der Waals surface area contributed by atoms with Crippen LogP contribution in [0.15, 0.2) is 74.1 Å². The fraction of sp³-hybridized carbons (Fsp3) is 0.174. The molecule has 0 saturated carbocycles. The number of ether oxygens (including phenoxy) is 1. The molecule has 10 heteroatoms. The molecule has 7 nitrogen and oxygen atoms in total. The van der Waals surface area contributed by atoms with Gasteiger partial charge in [0.2, 0.25) is 0 Å². The van der Waals surface area contributed by atoms with Gasteiger partial charge in [0.25, 0.3) is 10.0 Å². The van der Waals surface area contributed by atoms with E-state index in [1.165, 1.54) is 33.0 Å². The van der Waals surface area contributed by atoms with Gasteiger partial charge in [-0.3, -0.25) is 13.9 Å². The van der Waals surface area contributed by atoms with E-state index >= 15 is 0 Å². The van der Waals surface area contributed by atoms with Crippen molar-refractivity contribution in [3.05, 3.63) is 76.5 Å². The topological polar surface area (TPSA) is 82.3 Å². The maximum absolute atomic E-state index is 13.8. The van der Waals surface area contributed by atoms with E-state index < -0.39 is 15.8 Å². The molecule has 0 spiro atoms. The lowest BCUT2D eigenvalue weighted by molar-refractivity contribution is 0.414. The summed E-state index contributed by atoms with van der Waals surface area (Å²) in [4.78, 5) is 13.7. The van der Waals surface area contributed by atoms with Crippen molar-refractivity contribution in [2.45, 2.75) is 21.6 Å². The Morgan fingerprint density at radius 1 is 0.970 bits per heavy atom. The van der Waals surface area contributed by atoms with Crippen molar-refractivity contribution >= 4 is 38.5 Å². The highest BCUT2D eigenvalue weighted by atomic mass is 32.2. The Bertz CT molecular complexity index is 1520. The summed E-state index contributed by atoms with van der Waals surface area (Å²) in [5.74, 6) is 0.0532. The second-order valence-corrected chi connectivity index (χ2v) is 10.3. The van der Waals surface area contributed by atoms with E-state index in [1.807, 2.05) is 12.1 Å². The highest BCUT2D eigenvalue weighted by Crippen LogP contribution is 2.38. The first kappa shape index (κ1) is 22.9. The van der Waals surface area contributed by atoms with Gasteiger partial charge in [-0.1, -0.05) is 17.8 Å². The minimum absolute atomic E-state index is 0.148. The van der Waals surface area contributed by atoms with Crippen LogP contribution in [-0.2, 0) is 24.1 Å². The van der Waals surface area contributed by atoms with Gasteiger partial charge in [-0.25, -0.2) is 17.6 Å². The number of rotatable bonds is 6. The lowest BCUT2D eigenvalue weighted by Crippen LogP contribution is -2.19. The average Bonchev–Trinajstić information content (AvgIpc) is 2.99. The normalized spacial score (nSPS) is 11.7. The van der Waals surface area contributed by atoms with Crippen LogP contribution in [0.5, 0.6) is 5.75 Å². The zero-order valence-electron chi connectivity index (χ0n) is 18.4. The smallest absolute Gasteiger partial charge is 0.328 e. The van der Waals surface area contributed by atoms with Crippen LogP contribution in [0.3, 0.4) is 0 Å². The van der Waals surface area contributed by atoms with Crippen molar-refractivity contribution in [1.29, 1.82) is 0 Å². The quantitative estimate of drug-likeness (QED) is 0.439. The lowest BCUT2D eigenvalue weighted by atomic mass is 10.2. The van der Waals surface area contributed by atoms with Gasteiger partial charge in [-0.15, -0.1) is 0 Å². The number of anilines is 1. The summed E-state index contributed by atoms with van der Waals surface area (Å²) in [5.41, 5.74) is 1.69. The van der Waals surface area contributed by atoms with Crippen molar-refractivity contribution < 1.29 is 17.5 Å². The molecule has 1 N–H and O–H groups in total. The number of nitrogens with one attached hydrogen (secondary N) is 1. The summed E-state index contributed by atoms with van der Waals surface area (Å²) in [6.45, 7) is 1.60. The molecule has 1 heterocycles. The molecular weight excluding hydrogens is 465 g/mol. The van der Waals surface area contributed by atoms with Gasteiger partial charge in [0, 0.05) is 23.9 Å². The van der Waals surface area contributed by atoms with Crippen molar-refractivity contribution in [2.24, 2.45) is 14.1 Å². The first-order valence-electron chi connectivity index (χ1n) is 9.91. The maximum atomic E-state index is 13.8. The number of hydrogen-bond donors (Lipinski definition) is 1. The molecule has 0 aliphatic rings. The standard InChI is InChI=1S/C23H22FN3O4S2/c1-14-5-6-15(24)11-22(14)33(29,30)25-18-12-19-20(27(3)23(28)26(19)2)13-21(18)32-17-9-7-16(31-4)8-10-17/h5-13,25H,1-4H3. The minimum atomic E-state index is -4.09. The third kappa shape index (κ3) is 4.36. The van der Waals surface area contributed by atoms with Gasteiger partial charge < -0.3 is 4.74 Å². The molecule has 4 aromatic rings. The zero-order chi connectivity index (χ0) is 23.9. The largest absolute Gasteiger partial charge is 0.497 e. The minimum Gasteiger partial charge on any atom is -0.497 e. The summed E-state index contributed by atoms with van der Waals surface area (Å²) in [6, 6.07) is 14.3. The molecule has 0 amide bonds. The predicted molar refractivity (Wildman–Crippen MR) is 127 cm³/mol. The van der Waals surface area contributed by atoms with Crippen LogP contribution >= 0.6 is 11.8 Å². The van der Waals surface area contributed by atoms with E-state index in [2.05, 4.69) is 4.72 Å². The van der Waals surface area contributed by atoms with E-state index in [4.69, 9.17) is 4.74 Å². The molecule has 0 radical (unpaired) electrons. The van der Waals surface area contributed by atoms with Gasteiger partial charge in [-0.2, -0.15) is 0 Å². The second kappa shape index (κ2) is 8.60. The van der Waals surface area contributed by atoms with E-state index in [9.17, 15) is 17.6 Å². The number of methoxy groups -OCH3 is 1. The van der Waals surface area contributed by atoms with Crippen molar-refractivity contribution in [1.82, 2.24) is 9.13 Å². The van der Waals surface area contributed by atoms with E-state index in [0.29, 0.717) is 27.2 Å². The number of halogens is 1. The molecule has 0 aliphatic carbocycles. The third-order valence-corrected chi connectivity index (χ3v) is 7.92. The number of fused-ring (bicyclic) bond motifs is 1. The molecular formula is C23H22FN3O4S2. The molecule has 172 valence electrons. The van der Waals surface area contributed by atoms with Crippen LogP contribution in [0, 0.1) is 12.7 Å². The van der Waals surface area contributed by atoms with Gasteiger partial charge >= 0.3 is 5.69 Å². The predicted octanol–water partition coefficient (Wildman–Crippen LogP) is 4.29. The van der Waals surface area contributed by atoms with Gasteiger partial charge in [0.05, 0.1) is 28.7 Å². The van der Waals surface area contributed by atoms with Gasteiger partial charge in [-0.05, 0) is 61.0 Å². The SMILES string of the molecule is COc1ccc(Sc2cc3c(cc2NS(=O)(=O)c2cc(F)ccc2C)n(C)c(=O)n3C)cc1. The number of imidazole rings is 1. The van der Waals surface area contributed by atoms with E-state index in [0.717, 1.165) is 11.0 Å². The summed E-state index contributed by atoms with van der Waals surface area (Å²) in [7, 11) is 0.763. The molecule has 4 rings (SSSR count). The monoisotopic (exact) mass is 487 g/mol. The molecule has 0 saturated heterocycles. The molecule has 3 aromatic carbocycles. The Morgan fingerprint density at radius 2 is 1.61 bits per heavy atom. The van der Waals surface area contributed by atoms with Crippen molar-refractivity contribution in [3.63, 3.8) is 0 Å². The summed E-state index contributed by atoms with van der Waals surface area (Å²) in [5, 5.41) is 0. The first-order valence-corrected chi connectivity index (χ1v) is 12.2. The fourth-order valence-corrected chi connectivity index (χ4v) is 5.83. The average molecular weight is 488 g/mol. The number of benzene rings is 3. The third-order valence-electron chi connectivity index (χ3n) is 5.34. The number of hydrogen-bond acceptors (Lipinski definition) is 5. The fourth-order valence-electron chi connectivity index (χ4n) is 3.52. The molecule has 33 heavy (non-hydrogen) atoms. The maximum Gasteiger partial charge on any atom is 0.328 e. The lowest BCUT2D eigenvalue weighted by Gasteiger charge is -2.15. The molecule has 0 bridgehead atoms. The van der Waals surface area contributed by atoms with Crippen LogP contribution in [0.4, 0.5) is 10.1 Å². The Morgan fingerprint density at radius 3 is 2.24 bits per heavy atom. The highest BCUT2D eigenvalue weighted by molar-refractivity contribution is 7.99. The van der Waals surface area contributed by atoms with Crippen molar-refractivity contribution in [2.75, 3.05) is 11.8 Å². The Balaban J connectivity index is 1.85. The highest BCUT2D eigenvalue weighted by Gasteiger charge is 2.21. The number of sulfonamides is 1. The number of aryl methyl sites for hydroxylation is 3. The Hall–Kier alpha value is -3.24. The van der Waals surface area contributed by atoms with E-state index in [1.54, 1.807) is 52.4 Å². The Labute approximate surface area is 194 Å². The molecule has 1 aromatic heterocycles. The second-order valence-electron chi connectivity index (χ2n) is 7.53. The zero-order valence-corrected chi connectivity index (χ0v) is 20.1. The molecule has 0 unspecified atom stereocenters. The Kier molecular flexibility index (Phi) is 5.98.